The van der Waals surface area contributed by atoms with E-state index in [1.807, 2.05) is 0 Å². The second kappa shape index (κ2) is 10.8. The number of halogens is 4. The van der Waals surface area contributed by atoms with E-state index in [0.717, 1.165) is 17.4 Å². The van der Waals surface area contributed by atoms with Crippen LogP contribution in [0.15, 0.2) is 12.1 Å². The summed E-state index contributed by atoms with van der Waals surface area (Å²) in [6.45, 7) is 5.04. The van der Waals surface area contributed by atoms with Crippen LogP contribution in [0.3, 0.4) is 0 Å². The minimum Gasteiger partial charge on any atom is -0.462 e. The van der Waals surface area contributed by atoms with Crippen LogP contribution < -0.4 is 5.32 Å². The van der Waals surface area contributed by atoms with E-state index < -0.39 is 47.8 Å². The number of carbonyl (C=O) groups is 3. The topological polar surface area (TPSA) is 112 Å². The van der Waals surface area contributed by atoms with Crippen molar-refractivity contribution in [3.63, 3.8) is 0 Å². The SMILES string of the molecule is CCCOC(=O)c1c(NC(=O)c2cc3nc(C(F)F)cc(C(F)F)n3n2)sc(C(=O)OCC)c1C. The molecule has 0 unspecified atom stereocenters. The number of nitrogens with one attached hydrogen (secondary N) is 1. The zero-order valence-corrected chi connectivity index (χ0v) is 19.6. The molecule has 0 atom stereocenters. The van der Waals surface area contributed by atoms with Crippen LogP contribution in [0.5, 0.6) is 0 Å². The predicted octanol–water partition coefficient (Wildman–Crippen LogP) is 4.97. The average Bonchev–Trinajstić information content (AvgIpc) is 3.37. The van der Waals surface area contributed by atoms with Crippen LogP contribution in [0.4, 0.5) is 22.6 Å². The Morgan fingerprint density at radius 1 is 1.09 bits per heavy atom. The number of amides is 1. The summed E-state index contributed by atoms with van der Waals surface area (Å²) in [5, 5.41) is 6.13. The first-order valence-corrected chi connectivity index (χ1v) is 11.2. The molecule has 35 heavy (non-hydrogen) atoms. The molecular formula is C21H20F4N4O5S. The Labute approximate surface area is 200 Å². The van der Waals surface area contributed by atoms with E-state index in [9.17, 15) is 31.9 Å². The summed E-state index contributed by atoms with van der Waals surface area (Å²) < 4.78 is 63.6. The minimum atomic E-state index is -3.17. The molecule has 0 radical (unpaired) electrons. The molecule has 9 nitrogen and oxygen atoms in total. The number of carbonyl (C=O) groups excluding carboxylic acids is 3. The molecule has 3 heterocycles. The maximum Gasteiger partial charge on any atom is 0.348 e. The van der Waals surface area contributed by atoms with Gasteiger partial charge >= 0.3 is 11.9 Å². The molecule has 0 fully saturated rings. The lowest BCUT2D eigenvalue weighted by atomic mass is 10.1. The first kappa shape index (κ1) is 26.1. The summed E-state index contributed by atoms with van der Waals surface area (Å²) in [5.41, 5.74) is -2.43. The molecule has 0 aliphatic rings. The second-order valence-electron chi connectivity index (χ2n) is 7.08. The summed E-state index contributed by atoms with van der Waals surface area (Å²) in [6.07, 6.45) is -5.75. The lowest BCUT2D eigenvalue weighted by molar-refractivity contribution is 0.0506. The lowest BCUT2D eigenvalue weighted by Gasteiger charge is -2.07. The van der Waals surface area contributed by atoms with E-state index in [1.54, 1.807) is 13.8 Å². The molecule has 0 saturated heterocycles. The van der Waals surface area contributed by atoms with Gasteiger partial charge in [-0.2, -0.15) is 5.10 Å². The summed E-state index contributed by atoms with van der Waals surface area (Å²) in [5.74, 6) is -2.45. The Bertz CT molecular complexity index is 1270. The number of rotatable bonds is 9. The van der Waals surface area contributed by atoms with Crippen molar-refractivity contribution >= 4 is 39.8 Å². The summed E-state index contributed by atoms with van der Waals surface area (Å²) in [7, 11) is 0. The van der Waals surface area contributed by atoms with Crippen molar-refractivity contribution in [3.05, 3.63) is 45.2 Å². The monoisotopic (exact) mass is 516 g/mol. The molecule has 0 spiro atoms. The first-order chi connectivity index (χ1) is 16.6. The Balaban J connectivity index is 2.02. The highest BCUT2D eigenvalue weighted by Crippen LogP contribution is 2.35. The number of alkyl halides is 4. The van der Waals surface area contributed by atoms with Gasteiger partial charge in [0.2, 0.25) is 0 Å². The molecule has 0 aliphatic carbocycles. The number of fused-ring (bicyclic) bond motifs is 1. The van der Waals surface area contributed by atoms with Gasteiger partial charge in [0.1, 0.15) is 21.3 Å². The van der Waals surface area contributed by atoms with Crippen LogP contribution in [0.25, 0.3) is 5.65 Å². The maximum absolute atomic E-state index is 13.4. The van der Waals surface area contributed by atoms with Crippen LogP contribution in [-0.2, 0) is 9.47 Å². The van der Waals surface area contributed by atoms with Gasteiger partial charge in [0, 0.05) is 6.07 Å². The first-order valence-electron chi connectivity index (χ1n) is 10.3. The second-order valence-corrected chi connectivity index (χ2v) is 8.10. The number of ether oxygens (including phenoxy) is 2. The number of hydrogen-bond donors (Lipinski definition) is 1. The molecule has 0 aromatic carbocycles. The summed E-state index contributed by atoms with van der Waals surface area (Å²) in [6, 6.07) is 1.46. The van der Waals surface area contributed by atoms with Crippen molar-refractivity contribution in [1.29, 1.82) is 0 Å². The molecule has 0 aliphatic heterocycles. The van der Waals surface area contributed by atoms with Crippen molar-refractivity contribution < 1.29 is 41.4 Å². The Hall–Kier alpha value is -3.55. The van der Waals surface area contributed by atoms with Gasteiger partial charge in [0.25, 0.3) is 18.8 Å². The van der Waals surface area contributed by atoms with E-state index >= 15 is 0 Å². The third-order valence-corrected chi connectivity index (χ3v) is 5.82. The van der Waals surface area contributed by atoms with Gasteiger partial charge < -0.3 is 14.8 Å². The van der Waals surface area contributed by atoms with Gasteiger partial charge in [0.15, 0.2) is 11.3 Å². The number of aromatic nitrogens is 3. The Kier molecular flexibility index (Phi) is 8.04. The average molecular weight is 516 g/mol. The minimum absolute atomic E-state index is 0.0518. The molecule has 3 aromatic rings. The van der Waals surface area contributed by atoms with Crippen molar-refractivity contribution in [3.8, 4) is 0 Å². The standard InChI is InChI=1S/C21H20F4N4O5S/c1-4-6-34-20(31)14-9(3)15(21(32)33-5-2)35-19(14)27-18(30)11-8-13-26-10(16(22)23)7-12(17(24)25)29(13)28-11/h7-8,16-17H,4-6H2,1-3H3,(H,27,30). The van der Waals surface area contributed by atoms with E-state index in [4.69, 9.17) is 9.47 Å². The highest BCUT2D eigenvalue weighted by molar-refractivity contribution is 7.18. The summed E-state index contributed by atoms with van der Waals surface area (Å²) in [4.78, 5) is 41.4. The van der Waals surface area contributed by atoms with Gasteiger partial charge in [-0.1, -0.05) is 6.92 Å². The fraction of sp³-hybridized carbons (Fsp3) is 0.381. The quantitative estimate of drug-likeness (QED) is 0.316. The summed E-state index contributed by atoms with van der Waals surface area (Å²) >= 11 is 0.764. The zero-order valence-electron chi connectivity index (χ0n) is 18.7. The molecule has 188 valence electrons. The molecule has 0 bridgehead atoms. The fourth-order valence-corrected chi connectivity index (χ4v) is 4.15. The van der Waals surface area contributed by atoms with Crippen molar-refractivity contribution in [2.75, 3.05) is 18.5 Å². The normalized spacial score (nSPS) is 11.3. The highest BCUT2D eigenvalue weighted by atomic mass is 32.1. The van der Waals surface area contributed by atoms with Crippen molar-refractivity contribution in [1.82, 2.24) is 14.6 Å². The van der Waals surface area contributed by atoms with Crippen LogP contribution in [-0.4, -0.2) is 45.7 Å². The van der Waals surface area contributed by atoms with E-state index in [-0.39, 0.29) is 39.9 Å². The Morgan fingerprint density at radius 2 is 1.80 bits per heavy atom. The smallest absolute Gasteiger partial charge is 0.348 e. The predicted molar refractivity (Wildman–Crippen MR) is 116 cm³/mol. The molecule has 14 heteroatoms. The van der Waals surface area contributed by atoms with Crippen LogP contribution in [0.2, 0.25) is 0 Å². The molecular weight excluding hydrogens is 496 g/mol. The molecule has 1 N–H and O–H groups in total. The van der Waals surface area contributed by atoms with Gasteiger partial charge in [-0.15, -0.1) is 11.3 Å². The lowest BCUT2D eigenvalue weighted by Crippen LogP contribution is -2.16. The van der Waals surface area contributed by atoms with Crippen molar-refractivity contribution in [2.45, 2.75) is 40.0 Å². The van der Waals surface area contributed by atoms with Gasteiger partial charge in [-0.05, 0) is 31.9 Å². The van der Waals surface area contributed by atoms with Gasteiger partial charge in [0.05, 0.1) is 18.8 Å². The molecule has 0 saturated carbocycles. The van der Waals surface area contributed by atoms with Crippen LogP contribution in [0.1, 0.15) is 80.6 Å². The number of nitrogens with zero attached hydrogens (tertiary/aromatic N) is 3. The number of anilines is 1. The van der Waals surface area contributed by atoms with Gasteiger partial charge in [-0.25, -0.2) is 36.7 Å². The van der Waals surface area contributed by atoms with Crippen LogP contribution >= 0.6 is 11.3 Å². The fourth-order valence-electron chi connectivity index (χ4n) is 3.07. The number of esters is 2. The van der Waals surface area contributed by atoms with E-state index in [2.05, 4.69) is 15.4 Å². The largest absolute Gasteiger partial charge is 0.462 e. The number of thiophene rings is 1. The zero-order chi connectivity index (χ0) is 25.9. The van der Waals surface area contributed by atoms with Gasteiger partial charge in [-0.3, -0.25) is 4.79 Å². The molecule has 1 amide bonds. The van der Waals surface area contributed by atoms with E-state index in [0.29, 0.717) is 17.0 Å². The maximum atomic E-state index is 13.4. The van der Waals surface area contributed by atoms with E-state index in [1.165, 1.54) is 6.92 Å². The molecule has 3 aromatic heterocycles. The highest BCUT2D eigenvalue weighted by Gasteiger charge is 2.29. The van der Waals surface area contributed by atoms with Crippen LogP contribution in [0, 0.1) is 6.92 Å². The third kappa shape index (κ3) is 5.42. The number of hydrogen-bond acceptors (Lipinski definition) is 8. The Morgan fingerprint density at radius 3 is 2.40 bits per heavy atom. The molecule has 3 rings (SSSR count). The third-order valence-electron chi connectivity index (χ3n) is 4.63. The van der Waals surface area contributed by atoms with Crippen molar-refractivity contribution in [2.24, 2.45) is 0 Å².